The number of hydrogen-bond acceptors (Lipinski definition) is 4. The fraction of sp³-hybridized carbons (Fsp3) is 1.00. The fourth-order valence-electron chi connectivity index (χ4n) is 1.23. The van der Waals surface area contributed by atoms with Gasteiger partial charge in [0.15, 0.2) is 0 Å². The summed E-state index contributed by atoms with van der Waals surface area (Å²) in [6.45, 7) is 4.53. The van der Waals surface area contributed by atoms with E-state index in [1.54, 1.807) is 7.11 Å². The van der Waals surface area contributed by atoms with Gasteiger partial charge in [-0.25, -0.2) is 13.1 Å². The fourth-order valence-corrected chi connectivity index (χ4v) is 2.24. The van der Waals surface area contributed by atoms with E-state index in [-0.39, 0.29) is 5.75 Å². The van der Waals surface area contributed by atoms with Gasteiger partial charge in [0.1, 0.15) is 0 Å². The van der Waals surface area contributed by atoms with E-state index in [0.717, 1.165) is 32.4 Å². The molecular formula is C10H24N2O3S. The predicted molar refractivity (Wildman–Crippen MR) is 66.1 cm³/mol. The van der Waals surface area contributed by atoms with Crippen molar-refractivity contribution >= 4 is 10.0 Å². The number of methoxy groups -OCH3 is 1. The molecule has 0 radical (unpaired) electrons. The van der Waals surface area contributed by atoms with Crippen LogP contribution in [0.5, 0.6) is 0 Å². The molecule has 0 rings (SSSR count). The summed E-state index contributed by atoms with van der Waals surface area (Å²) in [5.41, 5.74) is 0. The molecule has 0 aromatic carbocycles. The number of unbranched alkanes of at least 4 members (excludes halogenated alkanes) is 2. The van der Waals surface area contributed by atoms with Crippen LogP contribution >= 0.6 is 0 Å². The van der Waals surface area contributed by atoms with E-state index in [9.17, 15) is 8.42 Å². The highest BCUT2D eigenvalue weighted by molar-refractivity contribution is 7.89. The van der Waals surface area contributed by atoms with E-state index in [1.165, 1.54) is 0 Å². The van der Waals surface area contributed by atoms with Crippen LogP contribution in [0.15, 0.2) is 0 Å². The second kappa shape index (κ2) is 10.0. The molecule has 0 saturated carbocycles. The molecule has 0 amide bonds. The van der Waals surface area contributed by atoms with Crippen molar-refractivity contribution in [1.29, 1.82) is 0 Å². The van der Waals surface area contributed by atoms with Crippen LogP contribution < -0.4 is 10.0 Å². The van der Waals surface area contributed by atoms with E-state index in [4.69, 9.17) is 4.74 Å². The molecule has 5 nitrogen and oxygen atoms in total. The summed E-state index contributed by atoms with van der Waals surface area (Å²) in [6, 6.07) is 0. The van der Waals surface area contributed by atoms with Gasteiger partial charge in [-0.1, -0.05) is 6.92 Å². The van der Waals surface area contributed by atoms with Gasteiger partial charge in [0, 0.05) is 26.8 Å². The first kappa shape index (κ1) is 15.8. The Morgan fingerprint density at radius 1 is 1.12 bits per heavy atom. The van der Waals surface area contributed by atoms with Gasteiger partial charge in [-0.05, 0) is 25.8 Å². The van der Waals surface area contributed by atoms with E-state index >= 15 is 0 Å². The number of ether oxygens (including phenoxy) is 1. The van der Waals surface area contributed by atoms with Crippen LogP contribution in [0.4, 0.5) is 0 Å². The summed E-state index contributed by atoms with van der Waals surface area (Å²) in [6.07, 6.45) is 2.84. The van der Waals surface area contributed by atoms with Crippen molar-refractivity contribution in [3.63, 3.8) is 0 Å². The predicted octanol–water partition coefficient (Wildman–Crippen LogP) is 0.332. The second-order valence-corrected chi connectivity index (χ2v) is 5.55. The molecule has 0 aromatic heterocycles. The Bertz CT molecular complexity index is 242. The van der Waals surface area contributed by atoms with Crippen molar-refractivity contribution in [2.75, 3.05) is 39.1 Å². The maximum Gasteiger partial charge on any atom is 0.212 e. The molecule has 0 spiro atoms. The molecular weight excluding hydrogens is 228 g/mol. The van der Waals surface area contributed by atoms with Crippen LogP contribution in [0.1, 0.15) is 26.2 Å². The number of hydrogen-bond donors (Lipinski definition) is 2. The van der Waals surface area contributed by atoms with Crippen molar-refractivity contribution in [3.8, 4) is 0 Å². The normalized spacial score (nSPS) is 11.9. The Morgan fingerprint density at radius 3 is 2.50 bits per heavy atom. The SMILES string of the molecule is CCNCCS(=O)(=O)NCCCCCOC. The molecule has 98 valence electrons. The monoisotopic (exact) mass is 252 g/mol. The molecule has 0 aliphatic heterocycles. The zero-order chi connectivity index (χ0) is 12.3. The Balaban J connectivity index is 3.43. The van der Waals surface area contributed by atoms with Crippen LogP contribution in [-0.4, -0.2) is 47.5 Å². The summed E-state index contributed by atoms with van der Waals surface area (Å²) in [4.78, 5) is 0. The van der Waals surface area contributed by atoms with Crippen LogP contribution in [0.25, 0.3) is 0 Å². The number of rotatable bonds is 11. The first-order valence-electron chi connectivity index (χ1n) is 5.79. The van der Waals surface area contributed by atoms with Gasteiger partial charge < -0.3 is 10.1 Å². The molecule has 0 aliphatic rings. The van der Waals surface area contributed by atoms with E-state index in [0.29, 0.717) is 13.1 Å². The lowest BCUT2D eigenvalue weighted by Crippen LogP contribution is -2.32. The summed E-state index contributed by atoms with van der Waals surface area (Å²) >= 11 is 0. The van der Waals surface area contributed by atoms with Gasteiger partial charge in [0.25, 0.3) is 0 Å². The lowest BCUT2D eigenvalue weighted by atomic mass is 10.2. The van der Waals surface area contributed by atoms with Crippen molar-refractivity contribution in [2.24, 2.45) is 0 Å². The number of sulfonamides is 1. The van der Waals surface area contributed by atoms with E-state index in [1.807, 2.05) is 6.92 Å². The van der Waals surface area contributed by atoms with Crippen LogP contribution in [0.2, 0.25) is 0 Å². The van der Waals surface area contributed by atoms with E-state index in [2.05, 4.69) is 10.0 Å². The van der Waals surface area contributed by atoms with Crippen molar-refractivity contribution < 1.29 is 13.2 Å². The quantitative estimate of drug-likeness (QED) is 0.520. The van der Waals surface area contributed by atoms with E-state index < -0.39 is 10.0 Å². The molecule has 0 heterocycles. The minimum absolute atomic E-state index is 0.152. The molecule has 6 heteroatoms. The first-order valence-corrected chi connectivity index (χ1v) is 7.44. The summed E-state index contributed by atoms with van der Waals surface area (Å²) in [5, 5.41) is 2.99. The van der Waals surface area contributed by atoms with Gasteiger partial charge in [-0.3, -0.25) is 0 Å². The Kier molecular flexibility index (Phi) is 9.91. The molecule has 0 atom stereocenters. The molecule has 0 aliphatic carbocycles. The molecule has 0 aromatic rings. The molecule has 0 saturated heterocycles. The zero-order valence-electron chi connectivity index (χ0n) is 10.3. The summed E-state index contributed by atoms with van der Waals surface area (Å²) in [7, 11) is -1.42. The average Bonchev–Trinajstić information content (AvgIpc) is 2.23. The Hall–Kier alpha value is -0.170. The minimum Gasteiger partial charge on any atom is -0.385 e. The molecule has 0 unspecified atom stereocenters. The molecule has 16 heavy (non-hydrogen) atoms. The van der Waals surface area contributed by atoms with Crippen LogP contribution in [-0.2, 0) is 14.8 Å². The lowest BCUT2D eigenvalue weighted by Gasteiger charge is -2.06. The largest absolute Gasteiger partial charge is 0.385 e. The van der Waals surface area contributed by atoms with Crippen LogP contribution in [0, 0.1) is 0 Å². The van der Waals surface area contributed by atoms with Crippen molar-refractivity contribution in [3.05, 3.63) is 0 Å². The first-order chi connectivity index (χ1) is 7.62. The molecule has 0 bridgehead atoms. The minimum atomic E-state index is -3.09. The van der Waals surface area contributed by atoms with Gasteiger partial charge in [-0.2, -0.15) is 0 Å². The summed E-state index contributed by atoms with van der Waals surface area (Å²) < 4.78 is 30.3. The zero-order valence-corrected chi connectivity index (χ0v) is 11.1. The average molecular weight is 252 g/mol. The van der Waals surface area contributed by atoms with Crippen molar-refractivity contribution in [2.45, 2.75) is 26.2 Å². The highest BCUT2D eigenvalue weighted by Crippen LogP contribution is 1.94. The highest BCUT2D eigenvalue weighted by Gasteiger charge is 2.07. The third kappa shape index (κ3) is 10.4. The Labute approximate surface area is 99.0 Å². The second-order valence-electron chi connectivity index (χ2n) is 3.62. The standard InChI is InChI=1S/C10H24N2O3S/c1-3-11-8-10-16(13,14)12-7-5-4-6-9-15-2/h11-12H,3-10H2,1-2H3. The smallest absolute Gasteiger partial charge is 0.212 e. The van der Waals surface area contributed by atoms with Gasteiger partial charge >= 0.3 is 0 Å². The highest BCUT2D eigenvalue weighted by atomic mass is 32.2. The van der Waals surface area contributed by atoms with Gasteiger partial charge in [0.05, 0.1) is 5.75 Å². The third-order valence-corrected chi connectivity index (χ3v) is 3.53. The molecule has 2 N–H and O–H groups in total. The maximum atomic E-state index is 11.4. The van der Waals surface area contributed by atoms with Gasteiger partial charge in [0.2, 0.25) is 10.0 Å². The number of nitrogens with one attached hydrogen (secondary N) is 2. The Morgan fingerprint density at radius 2 is 1.88 bits per heavy atom. The topological polar surface area (TPSA) is 67.4 Å². The summed E-state index contributed by atoms with van der Waals surface area (Å²) in [5.74, 6) is 0.152. The van der Waals surface area contributed by atoms with Crippen molar-refractivity contribution in [1.82, 2.24) is 10.0 Å². The molecule has 0 fully saturated rings. The van der Waals surface area contributed by atoms with Gasteiger partial charge in [-0.15, -0.1) is 0 Å². The van der Waals surface area contributed by atoms with Crippen LogP contribution in [0.3, 0.4) is 0 Å². The third-order valence-electron chi connectivity index (χ3n) is 2.14. The maximum absolute atomic E-state index is 11.4. The lowest BCUT2D eigenvalue weighted by molar-refractivity contribution is 0.192.